The lowest BCUT2D eigenvalue weighted by Gasteiger charge is -2.04. The van der Waals surface area contributed by atoms with Crippen molar-refractivity contribution >= 4 is 33.0 Å². The van der Waals surface area contributed by atoms with E-state index < -0.39 is 4.92 Å². The molecule has 0 unspecified atom stereocenters. The van der Waals surface area contributed by atoms with Gasteiger partial charge in [0.2, 0.25) is 5.78 Å². The van der Waals surface area contributed by atoms with E-state index >= 15 is 0 Å². The molecule has 0 atom stereocenters. The third-order valence-corrected chi connectivity index (χ3v) is 4.19. The van der Waals surface area contributed by atoms with Gasteiger partial charge < -0.3 is 0 Å². The second kappa shape index (κ2) is 5.34. The molecule has 0 saturated carbocycles. The molecule has 2 heterocycles. The number of ketones is 1. The molecule has 7 heteroatoms. The maximum Gasteiger partial charge on any atom is 0.269 e. The smallest absolute Gasteiger partial charge is 0.269 e. The molecule has 0 N–H and O–H groups in total. The Morgan fingerprint density at radius 2 is 2.00 bits per heavy atom. The summed E-state index contributed by atoms with van der Waals surface area (Å²) in [6, 6.07) is 7.40. The molecule has 110 valence electrons. The van der Waals surface area contributed by atoms with Crippen LogP contribution < -0.4 is 0 Å². The zero-order valence-electron chi connectivity index (χ0n) is 11.5. The molecule has 22 heavy (non-hydrogen) atoms. The van der Waals surface area contributed by atoms with Crippen molar-refractivity contribution in [3.63, 3.8) is 0 Å². The second-order valence-corrected chi connectivity index (χ2v) is 5.66. The number of halogens is 1. The van der Waals surface area contributed by atoms with Gasteiger partial charge in [-0.1, -0.05) is 0 Å². The molecular weight excluding hydrogens is 350 g/mol. The standard InChI is InChI=1S/C15H10BrN3O3/c1-9-6-14-17-7-13(18(14)8-12(9)16)15(20)10-2-4-11(5-3-10)19(21)22/h2-8H,1H3. The van der Waals surface area contributed by atoms with Crippen LogP contribution in [0.5, 0.6) is 0 Å². The molecule has 0 aliphatic heterocycles. The van der Waals surface area contributed by atoms with Crippen LogP contribution in [0.4, 0.5) is 5.69 Å². The number of carbonyl (C=O) groups is 1. The zero-order chi connectivity index (χ0) is 15.9. The summed E-state index contributed by atoms with van der Waals surface area (Å²) in [7, 11) is 0. The Morgan fingerprint density at radius 1 is 1.32 bits per heavy atom. The monoisotopic (exact) mass is 359 g/mol. The van der Waals surface area contributed by atoms with E-state index in [1.807, 2.05) is 13.0 Å². The van der Waals surface area contributed by atoms with Gasteiger partial charge in [-0.2, -0.15) is 0 Å². The third kappa shape index (κ3) is 2.39. The first kappa shape index (κ1) is 14.4. The van der Waals surface area contributed by atoms with Crippen molar-refractivity contribution in [2.24, 2.45) is 0 Å². The molecule has 0 amide bonds. The summed E-state index contributed by atoms with van der Waals surface area (Å²) in [5, 5.41) is 10.7. The minimum absolute atomic E-state index is 0.0481. The quantitative estimate of drug-likeness (QED) is 0.407. The summed E-state index contributed by atoms with van der Waals surface area (Å²) in [5.41, 5.74) is 2.43. The van der Waals surface area contributed by atoms with Gasteiger partial charge in [-0.15, -0.1) is 0 Å². The van der Waals surface area contributed by atoms with Crippen LogP contribution in [0, 0.1) is 17.0 Å². The number of fused-ring (bicyclic) bond motifs is 1. The van der Waals surface area contributed by atoms with Crippen molar-refractivity contribution < 1.29 is 9.72 Å². The molecule has 0 radical (unpaired) electrons. The molecule has 0 spiro atoms. The lowest BCUT2D eigenvalue weighted by molar-refractivity contribution is -0.384. The number of nitro groups is 1. The lowest BCUT2D eigenvalue weighted by Crippen LogP contribution is -2.05. The number of nitro benzene ring substituents is 1. The largest absolute Gasteiger partial charge is 0.296 e. The normalized spacial score (nSPS) is 10.8. The molecule has 0 aliphatic rings. The zero-order valence-corrected chi connectivity index (χ0v) is 13.1. The molecule has 0 saturated heterocycles. The molecule has 1 aromatic carbocycles. The van der Waals surface area contributed by atoms with E-state index in [4.69, 9.17) is 0 Å². The second-order valence-electron chi connectivity index (χ2n) is 4.81. The molecule has 6 nitrogen and oxygen atoms in total. The topological polar surface area (TPSA) is 77.5 Å². The van der Waals surface area contributed by atoms with Crippen LogP contribution in [0.3, 0.4) is 0 Å². The lowest BCUT2D eigenvalue weighted by atomic mass is 10.1. The summed E-state index contributed by atoms with van der Waals surface area (Å²) in [6.07, 6.45) is 3.29. The number of hydrogen-bond acceptors (Lipinski definition) is 4. The first-order chi connectivity index (χ1) is 10.5. The first-order valence-electron chi connectivity index (χ1n) is 6.40. The van der Waals surface area contributed by atoms with Crippen molar-refractivity contribution in [1.29, 1.82) is 0 Å². The minimum atomic E-state index is -0.498. The van der Waals surface area contributed by atoms with E-state index in [1.54, 1.807) is 10.6 Å². The van der Waals surface area contributed by atoms with Gasteiger partial charge in [-0.3, -0.25) is 19.3 Å². The fraction of sp³-hybridized carbons (Fsp3) is 0.0667. The van der Waals surface area contributed by atoms with Crippen LogP contribution in [-0.2, 0) is 0 Å². The number of rotatable bonds is 3. The van der Waals surface area contributed by atoms with Crippen LogP contribution in [-0.4, -0.2) is 20.1 Å². The molecule has 0 aliphatic carbocycles. The van der Waals surface area contributed by atoms with Gasteiger partial charge >= 0.3 is 0 Å². The van der Waals surface area contributed by atoms with Crippen LogP contribution >= 0.6 is 15.9 Å². The Balaban J connectivity index is 2.05. The Morgan fingerprint density at radius 3 is 2.64 bits per heavy atom. The number of pyridine rings is 1. The number of benzene rings is 1. The maximum absolute atomic E-state index is 12.6. The Hall–Kier alpha value is -2.54. The van der Waals surface area contributed by atoms with Crippen LogP contribution in [0.25, 0.3) is 5.65 Å². The summed E-state index contributed by atoms with van der Waals surface area (Å²) >= 11 is 3.43. The van der Waals surface area contributed by atoms with Crippen molar-refractivity contribution in [3.8, 4) is 0 Å². The fourth-order valence-electron chi connectivity index (χ4n) is 2.15. The SMILES string of the molecule is Cc1cc2ncc(C(=O)c3ccc([N+](=O)[O-])cc3)n2cc1Br. The first-order valence-corrected chi connectivity index (χ1v) is 7.19. The summed E-state index contributed by atoms with van der Waals surface area (Å²) in [4.78, 5) is 26.9. The number of hydrogen-bond donors (Lipinski definition) is 0. The highest BCUT2D eigenvalue weighted by atomic mass is 79.9. The van der Waals surface area contributed by atoms with Gasteiger partial charge in [-0.05, 0) is 46.6 Å². The third-order valence-electron chi connectivity index (χ3n) is 3.36. The molecule has 3 rings (SSSR count). The van der Waals surface area contributed by atoms with E-state index in [9.17, 15) is 14.9 Å². The Bertz CT molecular complexity index is 900. The highest BCUT2D eigenvalue weighted by Crippen LogP contribution is 2.21. The van der Waals surface area contributed by atoms with Gasteiger partial charge in [0.1, 0.15) is 11.3 Å². The number of imidazole rings is 1. The predicted octanol–water partition coefficient (Wildman–Crippen LogP) is 3.54. The molecule has 2 aromatic heterocycles. The molecule has 0 bridgehead atoms. The van der Waals surface area contributed by atoms with E-state index in [0.29, 0.717) is 16.9 Å². The Kier molecular flexibility index (Phi) is 3.50. The van der Waals surface area contributed by atoms with E-state index in [2.05, 4.69) is 20.9 Å². The molecular formula is C15H10BrN3O3. The van der Waals surface area contributed by atoms with Crippen molar-refractivity contribution in [2.45, 2.75) is 6.92 Å². The summed E-state index contributed by atoms with van der Waals surface area (Å²) in [6.45, 7) is 1.94. The van der Waals surface area contributed by atoms with Gasteiger partial charge in [0.05, 0.1) is 11.1 Å². The van der Waals surface area contributed by atoms with Gasteiger partial charge in [0, 0.05) is 28.4 Å². The van der Waals surface area contributed by atoms with E-state index in [0.717, 1.165) is 10.0 Å². The van der Waals surface area contributed by atoms with E-state index in [-0.39, 0.29) is 11.5 Å². The highest BCUT2D eigenvalue weighted by molar-refractivity contribution is 9.10. The molecule has 0 fully saturated rings. The van der Waals surface area contributed by atoms with Crippen molar-refractivity contribution in [1.82, 2.24) is 9.38 Å². The highest BCUT2D eigenvalue weighted by Gasteiger charge is 2.16. The summed E-state index contributed by atoms with van der Waals surface area (Å²) < 4.78 is 2.57. The van der Waals surface area contributed by atoms with Crippen molar-refractivity contribution in [2.75, 3.05) is 0 Å². The van der Waals surface area contributed by atoms with Gasteiger partial charge in [0.15, 0.2) is 0 Å². The van der Waals surface area contributed by atoms with Gasteiger partial charge in [-0.25, -0.2) is 4.98 Å². The number of aromatic nitrogens is 2. The maximum atomic E-state index is 12.6. The minimum Gasteiger partial charge on any atom is -0.296 e. The Labute approximate surface area is 133 Å². The predicted molar refractivity (Wildman–Crippen MR) is 84.2 cm³/mol. The number of nitrogens with zero attached hydrogens (tertiary/aromatic N) is 3. The van der Waals surface area contributed by atoms with Crippen LogP contribution in [0.1, 0.15) is 21.6 Å². The summed E-state index contributed by atoms with van der Waals surface area (Å²) in [5.74, 6) is -0.238. The average molecular weight is 360 g/mol. The fourth-order valence-corrected chi connectivity index (χ4v) is 2.46. The number of non-ortho nitro benzene ring substituents is 1. The average Bonchev–Trinajstić information content (AvgIpc) is 2.90. The van der Waals surface area contributed by atoms with Gasteiger partial charge in [0.25, 0.3) is 5.69 Å². The molecule has 3 aromatic rings. The van der Waals surface area contributed by atoms with Crippen LogP contribution in [0.2, 0.25) is 0 Å². The number of carbonyl (C=O) groups excluding carboxylic acids is 1. The van der Waals surface area contributed by atoms with Crippen LogP contribution in [0.15, 0.2) is 47.2 Å². The van der Waals surface area contributed by atoms with E-state index in [1.165, 1.54) is 30.5 Å². The number of aryl methyl sites for hydroxylation is 1. The van der Waals surface area contributed by atoms with Crippen molar-refractivity contribution in [3.05, 3.63) is 74.1 Å².